The molecular formula is C12H23NO3S. The summed E-state index contributed by atoms with van der Waals surface area (Å²) in [5.41, 5.74) is 0.215. The summed E-state index contributed by atoms with van der Waals surface area (Å²) in [5.74, 6) is 1.21. The van der Waals surface area contributed by atoms with Crippen molar-refractivity contribution in [2.45, 2.75) is 39.3 Å². The first-order chi connectivity index (χ1) is 7.86. The lowest BCUT2D eigenvalue weighted by Gasteiger charge is -2.37. The van der Waals surface area contributed by atoms with Crippen LogP contribution in [0.2, 0.25) is 0 Å². The van der Waals surface area contributed by atoms with E-state index < -0.39 is 9.84 Å². The normalized spacial score (nSPS) is 33.4. The van der Waals surface area contributed by atoms with Gasteiger partial charge in [0.05, 0.1) is 18.1 Å². The van der Waals surface area contributed by atoms with E-state index in [4.69, 9.17) is 4.74 Å². The van der Waals surface area contributed by atoms with Crippen molar-refractivity contribution in [1.82, 2.24) is 5.32 Å². The highest BCUT2D eigenvalue weighted by atomic mass is 32.2. The minimum absolute atomic E-state index is 0.119. The molecule has 2 heterocycles. The van der Waals surface area contributed by atoms with Crippen LogP contribution in [0.3, 0.4) is 0 Å². The van der Waals surface area contributed by atoms with Crippen molar-refractivity contribution >= 4 is 9.84 Å². The van der Waals surface area contributed by atoms with Crippen LogP contribution in [0.25, 0.3) is 0 Å². The maximum atomic E-state index is 11.3. The van der Waals surface area contributed by atoms with Crippen LogP contribution in [-0.4, -0.2) is 39.3 Å². The SMILES string of the molecule is CC1(C)CNC(CC2CCS(=O)(=O)CC2)OC1. The Bertz CT molecular complexity index is 340. The van der Waals surface area contributed by atoms with Gasteiger partial charge in [0.2, 0.25) is 0 Å². The summed E-state index contributed by atoms with van der Waals surface area (Å²) in [6.07, 6.45) is 2.67. The molecule has 0 saturated carbocycles. The van der Waals surface area contributed by atoms with Gasteiger partial charge in [-0.3, -0.25) is 5.32 Å². The Morgan fingerprint density at radius 3 is 2.47 bits per heavy atom. The van der Waals surface area contributed by atoms with E-state index >= 15 is 0 Å². The Hall–Kier alpha value is -0.130. The molecule has 0 aliphatic carbocycles. The first-order valence-electron chi connectivity index (χ1n) is 6.42. The maximum absolute atomic E-state index is 11.3. The van der Waals surface area contributed by atoms with Crippen LogP contribution in [0.4, 0.5) is 0 Å². The second kappa shape index (κ2) is 4.86. The molecule has 1 N–H and O–H groups in total. The van der Waals surface area contributed by atoms with Gasteiger partial charge >= 0.3 is 0 Å². The highest BCUT2D eigenvalue weighted by molar-refractivity contribution is 7.91. The van der Waals surface area contributed by atoms with E-state index in [1.54, 1.807) is 0 Å². The van der Waals surface area contributed by atoms with Gasteiger partial charge in [0.15, 0.2) is 0 Å². The van der Waals surface area contributed by atoms with Gasteiger partial charge in [0.25, 0.3) is 0 Å². The van der Waals surface area contributed by atoms with Crippen molar-refractivity contribution in [3.8, 4) is 0 Å². The van der Waals surface area contributed by atoms with E-state index in [0.717, 1.165) is 32.4 Å². The summed E-state index contributed by atoms with van der Waals surface area (Å²) >= 11 is 0. The molecule has 2 aliphatic rings. The van der Waals surface area contributed by atoms with Crippen molar-refractivity contribution in [3.05, 3.63) is 0 Å². The lowest BCUT2D eigenvalue weighted by molar-refractivity contribution is -0.0677. The Morgan fingerprint density at radius 1 is 1.29 bits per heavy atom. The van der Waals surface area contributed by atoms with Gasteiger partial charge in [-0.25, -0.2) is 8.42 Å². The van der Waals surface area contributed by atoms with Gasteiger partial charge in [0.1, 0.15) is 16.1 Å². The zero-order chi connectivity index (χ0) is 12.5. The van der Waals surface area contributed by atoms with Crippen molar-refractivity contribution in [3.63, 3.8) is 0 Å². The molecule has 0 aromatic heterocycles. The van der Waals surface area contributed by atoms with Crippen molar-refractivity contribution in [1.29, 1.82) is 0 Å². The summed E-state index contributed by atoms with van der Waals surface area (Å²) in [6.45, 7) is 6.13. The van der Waals surface area contributed by atoms with E-state index in [1.807, 2.05) is 0 Å². The van der Waals surface area contributed by atoms with Crippen LogP contribution in [0.5, 0.6) is 0 Å². The Labute approximate surface area is 104 Å². The molecule has 4 nitrogen and oxygen atoms in total. The van der Waals surface area contributed by atoms with Gasteiger partial charge in [0, 0.05) is 12.0 Å². The molecule has 1 unspecified atom stereocenters. The molecule has 5 heteroatoms. The molecule has 17 heavy (non-hydrogen) atoms. The van der Waals surface area contributed by atoms with Crippen LogP contribution >= 0.6 is 0 Å². The third-order valence-corrected chi connectivity index (χ3v) is 5.42. The monoisotopic (exact) mass is 261 g/mol. The Morgan fingerprint density at radius 2 is 1.94 bits per heavy atom. The average molecular weight is 261 g/mol. The predicted molar refractivity (Wildman–Crippen MR) is 67.5 cm³/mol. The molecule has 0 bridgehead atoms. The lowest BCUT2D eigenvalue weighted by atomic mass is 9.92. The summed E-state index contributed by atoms with van der Waals surface area (Å²) < 4.78 is 28.4. The Kier molecular flexibility index (Phi) is 3.80. The van der Waals surface area contributed by atoms with Crippen LogP contribution in [0.1, 0.15) is 33.1 Å². The van der Waals surface area contributed by atoms with Gasteiger partial charge in [-0.05, 0) is 25.2 Å². The fourth-order valence-electron chi connectivity index (χ4n) is 2.45. The van der Waals surface area contributed by atoms with Gasteiger partial charge in [-0.1, -0.05) is 13.8 Å². The average Bonchev–Trinajstić information content (AvgIpc) is 2.24. The second-order valence-electron chi connectivity index (χ2n) is 6.18. The quantitative estimate of drug-likeness (QED) is 0.811. The molecule has 0 amide bonds. The first kappa shape index (κ1) is 13.3. The number of ether oxygens (including phenoxy) is 1. The molecular weight excluding hydrogens is 238 g/mol. The van der Waals surface area contributed by atoms with Gasteiger partial charge < -0.3 is 4.74 Å². The molecule has 2 saturated heterocycles. The number of nitrogens with one attached hydrogen (secondary N) is 1. The second-order valence-corrected chi connectivity index (χ2v) is 8.48. The molecule has 2 rings (SSSR count). The van der Waals surface area contributed by atoms with Crippen LogP contribution in [0.15, 0.2) is 0 Å². The highest BCUT2D eigenvalue weighted by Crippen LogP contribution is 2.26. The third-order valence-electron chi connectivity index (χ3n) is 3.71. The molecule has 100 valence electrons. The summed E-state index contributed by atoms with van der Waals surface area (Å²) in [7, 11) is -2.74. The molecule has 1 atom stereocenters. The summed E-state index contributed by atoms with van der Waals surface area (Å²) in [5, 5.41) is 3.41. The zero-order valence-electron chi connectivity index (χ0n) is 10.7. The smallest absolute Gasteiger partial charge is 0.150 e. The Balaban J connectivity index is 1.76. The number of sulfone groups is 1. The lowest BCUT2D eigenvalue weighted by Crippen LogP contribution is -2.48. The molecule has 0 spiro atoms. The molecule has 0 aromatic carbocycles. The van der Waals surface area contributed by atoms with E-state index in [0.29, 0.717) is 17.4 Å². The fourth-order valence-corrected chi connectivity index (χ4v) is 4.04. The van der Waals surface area contributed by atoms with E-state index in [1.165, 1.54) is 0 Å². The number of hydrogen-bond acceptors (Lipinski definition) is 4. The van der Waals surface area contributed by atoms with E-state index in [9.17, 15) is 8.42 Å². The minimum atomic E-state index is -2.74. The highest BCUT2D eigenvalue weighted by Gasteiger charge is 2.30. The van der Waals surface area contributed by atoms with Crippen molar-refractivity contribution < 1.29 is 13.2 Å². The maximum Gasteiger partial charge on any atom is 0.150 e. The molecule has 2 aliphatic heterocycles. The zero-order valence-corrected chi connectivity index (χ0v) is 11.6. The van der Waals surface area contributed by atoms with Gasteiger partial charge in [-0.2, -0.15) is 0 Å². The molecule has 2 fully saturated rings. The van der Waals surface area contributed by atoms with Crippen molar-refractivity contribution in [2.75, 3.05) is 24.7 Å². The number of rotatable bonds is 2. The predicted octanol–water partition coefficient (Wildman–Crippen LogP) is 1.17. The van der Waals surface area contributed by atoms with Crippen LogP contribution in [-0.2, 0) is 14.6 Å². The minimum Gasteiger partial charge on any atom is -0.363 e. The first-order valence-corrected chi connectivity index (χ1v) is 8.24. The molecule has 0 radical (unpaired) electrons. The van der Waals surface area contributed by atoms with Crippen molar-refractivity contribution in [2.24, 2.45) is 11.3 Å². The molecule has 0 aromatic rings. The summed E-state index contributed by atoms with van der Waals surface area (Å²) in [4.78, 5) is 0. The van der Waals surface area contributed by atoms with E-state index in [2.05, 4.69) is 19.2 Å². The fraction of sp³-hybridized carbons (Fsp3) is 1.00. The topological polar surface area (TPSA) is 55.4 Å². The summed E-state index contributed by atoms with van der Waals surface area (Å²) in [6, 6.07) is 0. The van der Waals surface area contributed by atoms with Crippen LogP contribution in [0, 0.1) is 11.3 Å². The largest absolute Gasteiger partial charge is 0.363 e. The van der Waals surface area contributed by atoms with E-state index in [-0.39, 0.29) is 11.6 Å². The van der Waals surface area contributed by atoms with Crippen LogP contribution < -0.4 is 5.32 Å². The van der Waals surface area contributed by atoms with Gasteiger partial charge in [-0.15, -0.1) is 0 Å². The third kappa shape index (κ3) is 3.93. The number of hydrogen-bond donors (Lipinski definition) is 1. The standard InChI is InChI=1S/C12H23NO3S/c1-12(2)8-13-11(16-9-12)7-10-3-5-17(14,15)6-4-10/h10-11,13H,3-9H2,1-2H3.